The second-order valence-corrected chi connectivity index (χ2v) is 16.5. The number of rotatable bonds is 7. The SMILES string of the molecule is CCCCC1=Cc2c(ccc(CC)c2-c2ccccc2C(C)C)[CH]1[Zr]([Cl])[Cl]. The summed E-state index contributed by atoms with van der Waals surface area (Å²) in [6, 6.07) is 13.5. The fraction of sp³-hybridized carbons (Fsp3) is 0.417. The first-order chi connectivity index (χ1) is 13.0. The summed E-state index contributed by atoms with van der Waals surface area (Å²) >= 11 is -2.46. The Bertz CT molecular complexity index is 836. The molecule has 0 fully saturated rings. The van der Waals surface area contributed by atoms with Crippen LogP contribution in [0.3, 0.4) is 0 Å². The average Bonchev–Trinajstić information content (AvgIpc) is 3.03. The summed E-state index contributed by atoms with van der Waals surface area (Å²) in [7, 11) is 13.3. The molecule has 0 amide bonds. The van der Waals surface area contributed by atoms with Crippen molar-refractivity contribution in [3.63, 3.8) is 0 Å². The van der Waals surface area contributed by atoms with Gasteiger partial charge in [-0.2, -0.15) is 0 Å². The average molecular weight is 480 g/mol. The summed E-state index contributed by atoms with van der Waals surface area (Å²) < 4.78 is 0.313. The predicted octanol–water partition coefficient (Wildman–Crippen LogP) is 8.59. The van der Waals surface area contributed by atoms with Crippen LogP contribution >= 0.6 is 17.0 Å². The first-order valence-corrected chi connectivity index (χ1v) is 17.9. The van der Waals surface area contributed by atoms with Gasteiger partial charge in [-0.05, 0) is 0 Å². The predicted molar refractivity (Wildman–Crippen MR) is 117 cm³/mol. The molecule has 0 aromatic heterocycles. The van der Waals surface area contributed by atoms with Crippen molar-refractivity contribution < 1.29 is 19.4 Å². The molecular formula is C24H29Cl2Zr. The summed E-state index contributed by atoms with van der Waals surface area (Å²) in [5.74, 6) is 0.495. The summed E-state index contributed by atoms with van der Waals surface area (Å²) in [5, 5.41) is 0. The Morgan fingerprint density at radius 2 is 1.78 bits per heavy atom. The summed E-state index contributed by atoms with van der Waals surface area (Å²) in [4.78, 5) is 0. The van der Waals surface area contributed by atoms with Gasteiger partial charge >= 0.3 is 181 Å². The standard InChI is InChI=1S/C24H29.2ClH.Zr/c1-5-7-10-18-15-20-14-13-19(6-2)24(23(20)16-18)22-12-9-8-11-21(22)17(3)4;;;/h8-9,11-17H,5-7,10H2,1-4H3;2*1H;/q;;;+2/p-2. The van der Waals surface area contributed by atoms with Gasteiger partial charge in [0.25, 0.3) is 0 Å². The third-order valence-corrected chi connectivity index (χ3v) is 11.0. The van der Waals surface area contributed by atoms with Crippen LogP contribution in [0.1, 0.15) is 78.8 Å². The van der Waals surface area contributed by atoms with Gasteiger partial charge in [-0.1, -0.05) is 0 Å². The molecule has 2 aromatic carbocycles. The van der Waals surface area contributed by atoms with Crippen LogP contribution in [0.25, 0.3) is 17.2 Å². The molecule has 0 bridgehead atoms. The topological polar surface area (TPSA) is 0 Å². The number of aryl methyl sites for hydroxylation is 1. The second kappa shape index (κ2) is 9.43. The third kappa shape index (κ3) is 4.31. The minimum absolute atomic E-state index is 0.313. The van der Waals surface area contributed by atoms with Gasteiger partial charge in [0.1, 0.15) is 0 Å². The number of fused-ring (bicyclic) bond motifs is 1. The van der Waals surface area contributed by atoms with Crippen LogP contribution in [-0.2, 0) is 25.8 Å². The molecule has 0 spiro atoms. The zero-order valence-electron chi connectivity index (χ0n) is 16.8. The number of benzene rings is 2. The van der Waals surface area contributed by atoms with E-state index in [0.717, 1.165) is 12.8 Å². The van der Waals surface area contributed by atoms with E-state index in [4.69, 9.17) is 17.0 Å². The van der Waals surface area contributed by atoms with Gasteiger partial charge in [0.15, 0.2) is 0 Å². The number of unbranched alkanes of at least 4 members (excludes halogenated alkanes) is 1. The maximum absolute atomic E-state index is 6.66. The summed E-state index contributed by atoms with van der Waals surface area (Å²) in [5.41, 5.74) is 9.87. The Morgan fingerprint density at radius 1 is 1.04 bits per heavy atom. The van der Waals surface area contributed by atoms with Crippen molar-refractivity contribution in [3.05, 3.63) is 64.2 Å². The minimum atomic E-state index is -2.46. The van der Waals surface area contributed by atoms with Gasteiger partial charge in [0.05, 0.1) is 0 Å². The van der Waals surface area contributed by atoms with E-state index in [1.54, 1.807) is 0 Å². The van der Waals surface area contributed by atoms with Crippen LogP contribution in [-0.4, -0.2) is 0 Å². The molecule has 2 aromatic rings. The van der Waals surface area contributed by atoms with Crippen LogP contribution in [0.4, 0.5) is 0 Å². The van der Waals surface area contributed by atoms with Crippen molar-refractivity contribution in [1.82, 2.24) is 0 Å². The van der Waals surface area contributed by atoms with Gasteiger partial charge in [0, 0.05) is 0 Å². The molecule has 1 aliphatic carbocycles. The van der Waals surface area contributed by atoms with Gasteiger partial charge in [0.2, 0.25) is 0 Å². The maximum atomic E-state index is 6.66. The van der Waals surface area contributed by atoms with Crippen LogP contribution in [0.5, 0.6) is 0 Å². The van der Waals surface area contributed by atoms with Crippen molar-refractivity contribution in [3.8, 4) is 11.1 Å². The van der Waals surface area contributed by atoms with Crippen molar-refractivity contribution in [2.24, 2.45) is 0 Å². The zero-order chi connectivity index (χ0) is 19.6. The molecule has 1 unspecified atom stereocenters. The number of allylic oxidation sites excluding steroid dienone is 1. The first-order valence-electron chi connectivity index (χ1n) is 10.1. The third-order valence-electron chi connectivity index (χ3n) is 5.65. The molecule has 0 N–H and O–H groups in total. The molecule has 27 heavy (non-hydrogen) atoms. The number of hydrogen-bond acceptors (Lipinski definition) is 0. The molecular weight excluding hydrogens is 450 g/mol. The quantitative estimate of drug-likeness (QED) is 0.373. The Hall–Kier alpha value is -0.357. The monoisotopic (exact) mass is 477 g/mol. The first kappa shape index (κ1) is 21.4. The van der Waals surface area contributed by atoms with Crippen molar-refractivity contribution in [2.45, 2.75) is 62.9 Å². The van der Waals surface area contributed by atoms with E-state index in [-0.39, 0.29) is 0 Å². The van der Waals surface area contributed by atoms with E-state index in [9.17, 15) is 0 Å². The molecule has 143 valence electrons. The van der Waals surface area contributed by atoms with Gasteiger partial charge < -0.3 is 0 Å². The van der Waals surface area contributed by atoms with Gasteiger partial charge in [-0.3, -0.25) is 0 Å². The van der Waals surface area contributed by atoms with Crippen LogP contribution in [0.15, 0.2) is 42.0 Å². The summed E-state index contributed by atoms with van der Waals surface area (Å²) in [6.45, 7) is 9.06. The van der Waals surface area contributed by atoms with Crippen molar-refractivity contribution >= 4 is 23.1 Å². The van der Waals surface area contributed by atoms with Crippen molar-refractivity contribution in [1.29, 1.82) is 0 Å². The van der Waals surface area contributed by atoms with Crippen LogP contribution in [0.2, 0.25) is 0 Å². The molecule has 1 atom stereocenters. The zero-order valence-corrected chi connectivity index (χ0v) is 20.8. The number of hydrogen-bond donors (Lipinski definition) is 0. The Kier molecular flexibility index (Phi) is 7.46. The van der Waals surface area contributed by atoms with E-state index < -0.39 is 19.4 Å². The molecule has 0 aliphatic heterocycles. The summed E-state index contributed by atoms with van der Waals surface area (Å²) in [6.07, 6.45) is 7.00. The molecule has 1 aliphatic rings. The van der Waals surface area contributed by atoms with E-state index in [1.165, 1.54) is 51.8 Å². The van der Waals surface area contributed by atoms with E-state index in [2.05, 4.69) is 70.2 Å². The van der Waals surface area contributed by atoms with Gasteiger partial charge in [-0.15, -0.1) is 0 Å². The molecule has 3 heteroatoms. The van der Waals surface area contributed by atoms with Gasteiger partial charge in [-0.25, -0.2) is 0 Å². The molecule has 0 nitrogen and oxygen atoms in total. The van der Waals surface area contributed by atoms with Crippen LogP contribution in [0, 0.1) is 0 Å². The molecule has 0 radical (unpaired) electrons. The fourth-order valence-electron chi connectivity index (χ4n) is 4.25. The Morgan fingerprint density at radius 3 is 2.41 bits per heavy atom. The van der Waals surface area contributed by atoms with E-state index in [1.807, 2.05) is 0 Å². The molecule has 0 heterocycles. The second-order valence-electron chi connectivity index (χ2n) is 7.74. The number of halogens is 2. The Balaban J connectivity index is 2.24. The molecule has 0 saturated heterocycles. The van der Waals surface area contributed by atoms with Crippen molar-refractivity contribution in [2.75, 3.05) is 0 Å². The molecule has 3 rings (SSSR count). The molecule has 0 saturated carbocycles. The normalized spacial score (nSPS) is 15.8. The van der Waals surface area contributed by atoms with Crippen LogP contribution < -0.4 is 0 Å². The van der Waals surface area contributed by atoms with E-state index in [0.29, 0.717) is 9.54 Å². The fourth-order valence-corrected chi connectivity index (χ4v) is 9.75. The Labute approximate surface area is 179 Å². The van der Waals surface area contributed by atoms with E-state index >= 15 is 0 Å².